The number of halogens is 3. The number of rotatable bonds is 2. The van der Waals surface area contributed by atoms with Gasteiger partial charge in [-0.05, 0) is 24.3 Å². The van der Waals surface area contributed by atoms with Crippen molar-refractivity contribution in [2.24, 2.45) is 11.8 Å². The van der Waals surface area contributed by atoms with Crippen LogP contribution in [-0.2, 0) is 0 Å². The van der Waals surface area contributed by atoms with Crippen LogP contribution in [0.3, 0.4) is 0 Å². The molecule has 0 bridgehead atoms. The van der Waals surface area contributed by atoms with Crippen molar-refractivity contribution in [3.8, 4) is 0 Å². The van der Waals surface area contributed by atoms with Gasteiger partial charge in [-0.2, -0.15) is 13.2 Å². The highest BCUT2D eigenvalue weighted by atomic mass is 32.2. The zero-order valence-corrected chi connectivity index (χ0v) is 12.2. The van der Waals surface area contributed by atoms with E-state index in [1.165, 1.54) is 24.2 Å². The largest absolute Gasteiger partial charge is 0.413 e. The van der Waals surface area contributed by atoms with Gasteiger partial charge in [0.15, 0.2) is 0 Å². The number of nitrogens with one attached hydrogen (secondary N) is 1. The van der Waals surface area contributed by atoms with Crippen molar-refractivity contribution in [2.45, 2.75) is 25.0 Å². The van der Waals surface area contributed by atoms with E-state index in [2.05, 4.69) is 15.3 Å². The smallest absolute Gasteiger partial charge is 0.366 e. The maximum absolute atomic E-state index is 13.1. The molecule has 0 radical (unpaired) electrons. The number of alkyl halides is 3. The minimum Gasteiger partial charge on any atom is -0.366 e. The zero-order chi connectivity index (χ0) is 15.3. The zero-order valence-electron chi connectivity index (χ0n) is 11.4. The SMILES string of the molecule is C.FC(F)(F)C1=CC(Sc2ncnc3c2C=CCN3)=CC2CC12.[HH]. The van der Waals surface area contributed by atoms with Gasteiger partial charge < -0.3 is 5.32 Å². The van der Waals surface area contributed by atoms with Gasteiger partial charge in [0.25, 0.3) is 0 Å². The number of hydrogen-bond donors (Lipinski definition) is 1. The standard InChI is InChI=1S/C15H12F3N3S.CH4.H2/c16-15(17,18)12-6-9(4-8-5-11(8)12)22-14-10-2-1-3-19-13(10)20-7-21-14;;/h1-2,4,6-8,11H,3,5H2,(H,19,20,21);1H4;1H. The highest BCUT2D eigenvalue weighted by molar-refractivity contribution is 8.03. The van der Waals surface area contributed by atoms with Crippen LogP contribution < -0.4 is 5.32 Å². The lowest BCUT2D eigenvalue weighted by Crippen LogP contribution is -2.16. The summed E-state index contributed by atoms with van der Waals surface area (Å²) in [6.07, 6.45) is 4.84. The second-order valence-corrected chi connectivity index (χ2v) is 6.56. The van der Waals surface area contributed by atoms with Crippen molar-refractivity contribution < 1.29 is 14.6 Å². The summed E-state index contributed by atoms with van der Waals surface area (Å²) in [7, 11) is 0. The summed E-state index contributed by atoms with van der Waals surface area (Å²) >= 11 is 1.27. The normalized spacial score (nSPS) is 24.5. The molecule has 1 fully saturated rings. The van der Waals surface area contributed by atoms with E-state index in [-0.39, 0.29) is 20.7 Å². The maximum Gasteiger partial charge on any atom is 0.413 e. The van der Waals surface area contributed by atoms with Gasteiger partial charge in [0.1, 0.15) is 17.2 Å². The Labute approximate surface area is 138 Å². The number of thioether (sulfide) groups is 1. The van der Waals surface area contributed by atoms with Crippen LogP contribution in [0.1, 0.15) is 20.8 Å². The molecule has 2 aliphatic carbocycles. The van der Waals surface area contributed by atoms with Crippen LogP contribution in [0, 0.1) is 11.8 Å². The summed E-state index contributed by atoms with van der Waals surface area (Å²) in [5.41, 5.74) is 0.429. The summed E-state index contributed by atoms with van der Waals surface area (Å²) in [5.74, 6) is 0.404. The third-order valence-electron chi connectivity index (χ3n) is 3.98. The molecule has 2 atom stereocenters. The van der Waals surface area contributed by atoms with Gasteiger partial charge in [0.2, 0.25) is 0 Å². The predicted molar refractivity (Wildman–Crippen MR) is 88.1 cm³/mol. The van der Waals surface area contributed by atoms with Crippen molar-refractivity contribution in [2.75, 3.05) is 11.9 Å². The second-order valence-electron chi connectivity index (χ2n) is 5.50. The van der Waals surface area contributed by atoms with Gasteiger partial charge in [-0.25, -0.2) is 9.97 Å². The van der Waals surface area contributed by atoms with E-state index < -0.39 is 11.7 Å². The number of anilines is 1. The molecule has 1 saturated carbocycles. The fourth-order valence-electron chi connectivity index (χ4n) is 2.83. The molecule has 23 heavy (non-hydrogen) atoms. The lowest BCUT2D eigenvalue weighted by atomic mass is 10.0. The minimum atomic E-state index is -4.24. The van der Waals surface area contributed by atoms with E-state index >= 15 is 0 Å². The average molecular weight is 341 g/mol. The van der Waals surface area contributed by atoms with Crippen molar-refractivity contribution in [1.29, 1.82) is 0 Å². The van der Waals surface area contributed by atoms with E-state index in [0.29, 0.717) is 22.9 Å². The molecule has 1 aromatic rings. The van der Waals surface area contributed by atoms with Crippen LogP contribution in [0.5, 0.6) is 0 Å². The maximum atomic E-state index is 13.1. The van der Waals surface area contributed by atoms with Gasteiger partial charge in [0.05, 0.1) is 0 Å². The summed E-state index contributed by atoms with van der Waals surface area (Å²) in [6, 6.07) is 0. The van der Waals surface area contributed by atoms with E-state index in [0.717, 1.165) is 11.4 Å². The van der Waals surface area contributed by atoms with Gasteiger partial charge in [0, 0.05) is 24.0 Å². The molecule has 0 saturated heterocycles. The van der Waals surface area contributed by atoms with Crippen LogP contribution in [0.2, 0.25) is 0 Å². The molecule has 0 spiro atoms. The van der Waals surface area contributed by atoms with Crippen LogP contribution in [0.25, 0.3) is 6.08 Å². The first kappa shape index (κ1) is 16.1. The molecule has 1 N–H and O–H groups in total. The molecule has 0 aromatic carbocycles. The van der Waals surface area contributed by atoms with Gasteiger partial charge in [-0.3, -0.25) is 0 Å². The van der Waals surface area contributed by atoms with Gasteiger partial charge in [-0.15, -0.1) is 0 Å². The van der Waals surface area contributed by atoms with Crippen molar-refractivity contribution in [3.63, 3.8) is 0 Å². The summed E-state index contributed by atoms with van der Waals surface area (Å²) < 4.78 is 39.2. The molecule has 0 amide bonds. The Kier molecular flexibility index (Phi) is 4.00. The second kappa shape index (κ2) is 5.70. The van der Waals surface area contributed by atoms with Crippen molar-refractivity contribution in [3.05, 3.63) is 40.6 Å². The van der Waals surface area contributed by atoms with Gasteiger partial charge in [-0.1, -0.05) is 37.4 Å². The number of fused-ring (bicyclic) bond motifs is 2. The summed E-state index contributed by atoms with van der Waals surface area (Å²) in [6.45, 7) is 0.693. The average Bonchev–Trinajstić information content (AvgIpc) is 3.25. The molecule has 1 aromatic heterocycles. The fourth-order valence-corrected chi connectivity index (χ4v) is 3.85. The molecule has 4 rings (SSSR count). The Morgan fingerprint density at radius 3 is 2.91 bits per heavy atom. The number of allylic oxidation sites excluding steroid dienone is 3. The predicted octanol–water partition coefficient (Wildman–Crippen LogP) is 4.91. The molecule has 3 aliphatic rings. The summed E-state index contributed by atoms with van der Waals surface area (Å²) in [4.78, 5) is 8.99. The molecule has 2 unspecified atom stereocenters. The highest BCUT2D eigenvalue weighted by Gasteiger charge is 2.50. The molecule has 7 heteroatoms. The molecule has 124 valence electrons. The first-order valence-corrected chi connectivity index (χ1v) is 7.78. The van der Waals surface area contributed by atoms with E-state index in [9.17, 15) is 13.2 Å². The van der Waals surface area contributed by atoms with Crippen LogP contribution in [-0.4, -0.2) is 22.7 Å². The van der Waals surface area contributed by atoms with Crippen molar-refractivity contribution in [1.82, 2.24) is 9.97 Å². The Morgan fingerprint density at radius 1 is 1.30 bits per heavy atom. The molecular weight excluding hydrogens is 323 g/mol. The third kappa shape index (κ3) is 3.02. The van der Waals surface area contributed by atoms with Gasteiger partial charge >= 0.3 is 6.18 Å². The Hall–Kier alpha value is -1.76. The molecule has 1 aliphatic heterocycles. The van der Waals surface area contributed by atoms with Crippen molar-refractivity contribution >= 4 is 23.7 Å². The van der Waals surface area contributed by atoms with Crippen LogP contribution >= 0.6 is 11.8 Å². The Morgan fingerprint density at radius 2 is 2.13 bits per heavy atom. The van der Waals surface area contributed by atoms with E-state index in [4.69, 9.17) is 0 Å². The lowest BCUT2D eigenvalue weighted by molar-refractivity contribution is -0.0959. The summed E-state index contributed by atoms with van der Waals surface area (Å²) in [5, 5.41) is 3.80. The quantitative estimate of drug-likeness (QED) is 0.776. The molecule has 3 nitrogen and oxygen atoms in total. The fraction of sp³-hybridized carbons (Fsp3) is 0.375. The van der Waals surface area contributed by atoms with E-state index in [1.807, 2.05) is 18.2 Å². The monoisotopic (exact) mass is 341 g/mol. The number of nitrogens with zero attached hydrogens (tertiary/aromatic N) is 2. The van der Waals surface area contributed by atoms with Crippen LogP contribution in [0.4, 0.5) is 19.0 Å². The van der Waals surface area contributed by atoms with Crippen LogP contribution in [0.15, 0.2) is 40.1 Å². The Bertz CT molecular complexity index is 728. The minimum absolute atomic E-state index is 0. The topological polar surface area (TPSA) is 37.8 Å². The third-order valence-corrected chi connectivity index (χ3v) is 4.98. The number of hydrogen-bond acceptors (Lipinski definition) is 4. The lowest BCUT2D eigenvalue weighted by Gasteiger charge is -2.17. The number of aromatic nitrogens is 2. The van der Waals surface area contributed by atoms with E-state index in [1.54, 1.807) is 0 Å². The molecular formula is C16H18F3N3S. The Balaban J connectivity index is 0.00000104. The first-order chi connectivity index (χ1) is 10.5. The first-order valence-electron chi connectivity index (χ1n) is 6.96. The molecule has 2 heterocycles. The highest BCUT2D eigenvalue weighted by Crippen LogP contribution is 2.55.